The predicted molar refractivity (Wildman–Crippen MR) is 88.4 cm³/mol. The molecule has 2 atom stereocenters. The van der Waals surface area contributed by atoms with Gasteiger partial charge in [0.05, 0.1) is 6.04 Å². The molecule has 22 heavy (non-hydrogen) atoms. The average molecular weight is 294 g/mol. The lowest BCUT2D eigenvalue weighted by molar-refractivity contribution is 0.176. The molecule has 0 spiro atoms. The lowest BCUT2D eigenvalue weighted by Gasteiger charge is -2.25. The number of rotatable bonds is 4. The Bertz CT molecular complexity index is 626. The molecule has 1 saturated heterocycles. The van der Waals surface area contributed by atoms with Crippen molar-refractivity contribution in [2.45, 2.75) is 32.5 Å². The number of amides is 2. The van der Waals surface area contributed by atoms with E-state index in [4.69, 9.17) is 0 Å². The second kappa shape index (κ2) is 6.22. The summed E-state index contributed by atoms with van der Waals surface area (Å²) in [6.45, 7) is 5.69. The Balaban J connectivity index is 1.75. The van der Waals surface area contributed by atoms with Gasteiger partial charge in [-0.15, -0.1) is 0 Å². The highest BCUT2D eigenvalue weighted by Gasteiger charge is 2.37. The van der Waals surface area contributed by atoms with Crippen LogP contribution >= 0.6 is 0 Å². The second-order valence-electron chi connectivity index (χ2n) is 5.98. The Morgan fingerprint density at radius 1 is 1.05 bits per heavy atom. The Kier molecular flexibility index (Phi) is 4.14. The highest BCUT2D eigenvalue weighted by molar-refractivity contribution is 5.77. The van der Waals surface area contributed by atoms with Gasteiger partial charge >= 0.3 is 6.03 Å². The van der Waals surface area contributed by atoms with Crippen molar-refractivity contribution in [3.05, 3.63) is 71.8 Å². The molecule has 3 nitrogen and oxygen atoms in total. The molecule has 3 heteroatoms. The number of benzene rings is 2. The van der Waals surface area contributed by atoms with Crippen LogP contribution in [-0.2, 0) is 6.54 Å². The first-order valence-electron chi connectivity index (χ1n) is 7.83. The zero-order valence-electron chi connectivity index (χ0n) is 13.1. The van der Waals surface area contributed by atoms with Crippen LogP contribution in [-0.4, -0.2) is 28.4 Å². The molecule has 1 heterocycles. The Morgan fingerprint density at radius 2 is 1.64 bits per heavy atom. The summed E-state index contributed by atoms with van der Waals surface area (Å²) in [5.41, 5.74) is 2.36. The van der Waals surface area contributed by atoms with Gasteiger partial charge in [-0.1, -0.05) is 60.7 Å². The van der Waals surface area contributed by atoms with Crippen molar-refractivity contribution in [2.24, 2.45) is 0 Å². The number of nitrogens with zero attached hydrogens (tertiary/aromatic N) is 2. The van der Waals surface area contributed by atoms with Crippen LogP contribution in [0.25, 0.3) is 0 Å². The van der Waals surface area contributed by atoms with E-state index in [9.17, 15) is 4.79 Å². The van der Waals surface area contributed by atoms with Gasteiger partial charge in [0.25, 0.3) is 0 Å². The third-order valence-corrected chi connectivity index (χ3v) is 4.43. The van der Waals surface area contributed by atoms with Crippen molar-refractivity contribution in [1.29, 1.82) is 0 Å². The Hall–Kier alpha value is -2.29. The van der Waals surface area contributed by atoms with Crippen molar-refractivity contribution in [2.75, 3.05) is 6.54 Å². The van der Waals surface area contributed by atoms with Crippen LogP contribution in [0.15, 0.2) is 60.7 Å². The van der Waals surface area contributed by atoms with Crippen LogP contribution in [0.1, 0.15) is 31.0 Å². The van der Waals surface area contributed by atoms with E-state index >= 15 is 0 Å². The Morgan fingerprint density at radius 3 is 2.27 bits per heavy atom. The van der Waals surface area contributed by atoms with Crippen molar-refractivity contribution in [1.82, 2.24) is 9.80 Å². The monoisotopic (exact) mass is 294 g/mol. The summed E-state index contributed by atoms with van der Waals surface area (Å²) < 4.78 is 0. The largest absolute Gasteiger partial charge is 0.321 e. The number of urea groups is 1. The van der Waals surface area contributed by atoms with Crippen LogP contribution in [0, 0.1) is 0 Å². The molecule has 0 unspecified atom stereocenters. The molecule has 0 saturated carbocycles. The summed E-state index contributed by atoms with van der Waals surface area (Å²) in [6.07, 6.45) is 0. The molecule has 0 aliphatic carbocycles. The first-order chi connectivity index (χ1) is 10.7. The van der Waals surface area contributed by atoms with Gasteiger partial charge in [0.15, 0.2) is 0 Å². The molecule has 2 aromatic rings. The minimum atomic E-state index is 0.108. The van der Waals surface area contributed by atoms with E-state index < -0.39 is 0 Å². The summed E-state index contributed by atoms with van der Waals surface area (Å²) in [5, 5.41) is 0. The van der Waals surface area contributed by atoms with Gasteiger partial charge in [-0.2, -0.15) is 0 Å². The smallest absolute Gasteiger partial charge is 0.316 e. The molecule has 0 aromatic heterocycles. The van der Waals surface area contributed by atoms with E-state index in [0.717, 1.165) is 6.54 Å². The normalized spacial score (nSPS) is 19.5. The van der Waals surface area contributed by atoms with Crippen LogP contribution in [0.2, 0.25) is 0 Å². The maximum atomic E-state index is 12.8. The summed E-state index contributed by atoms with van der Waals surface area (Å²) in [5.74, 6) is 0. The van der Waals surface area contributed by atoms with Crippen molar-refractivity contribution >= 4 is 6.03 Å². The van der Waals surface area contributed by atoms with Crippen molar-refractivity contribution < 1.29 is 4.79 Å². The fourth-order valence-corrected chi connectivity index (χ4v) is 3.05. The van der Waals surface area contributed by atoms with Gasteiger partial charge < -0.3 is 9.80 Å². The third kappa shape index (κ3) is 2.84. The van der Waals surface area contributed by atoms with E-state index in [0.29, 0.717) is 6.54 Å². The van der Waals surface area contributed by atoms with Crippen LogP contribution in [0.5, 0.6) is 0 Å². The molecular formula is C19H22N2O. The van der Waals surface area contributed by atoms with E-state index in [-0.39, 0.29) is 18.1 Å². The zero-order chi connectivity index (χ0) is 15.5. The van der Waals surface area contributed by atoms with Crippen LogP contribution in [0.4, 0.5) is 4.79 Å². The molecule has 0 radical (unpaired) electrons. The molecular weight excluding hydrogens is 272 g/mol. The van der Waals surface area contributed by atoms with Crippen LogP contribution in [0.3, 0.4) is 0 Å². The van der Waals surface area contributed by atoms with E-state index in [1.54, 1.807) is 0 Å². The molecule has 0 bridgehead atoms. The molecule has 3 rings (SSSR count). The Labute approximate surface area is 132 Å². The third-order valence-electron chi connectivity index (χ3n) is 4.43. The van der Waals surface area contributed by atoms with Gasteiger partial charge in [0.2, 0.25) is 0 Å². The highest BCUT2D eigenvalue weighted by Crippen LogP contribution is 2.28. The molecule has 1 aliphatic heterocycles. The van der Waals surface area contributed by atoms with Gasteiger partial charge in [0.1, 0.15) is 0 Å². The van der Waals surface area contributed by atoms with Gasteiger partial charge in [-0.3, -0.25) is 0 Å². The highest BCUT2D eigenvalue weighted by atomic mass is 16.2. The fourth-order valence-electron chi connectivity index (χ4n) is 3.05. The van der Waals surface area contributed by atoms with Crippen molar-refractivity contribution in [3.8, 4) is 0 Å². The molecule has 1 fully saturated rings. The standard InChI is InChI=1S/C19H22N2O/c1-15-13-21(16(2)18-11-7-4-8-12-18)19(22)20(15)14-17-9-5-3-6-10-17/h3-12,15-16H,13-14H2,1-2H3/t15-,16-/m0/s1. The van der Waals surface area contributed by atoms with E-state index in [1.807, 2.05) is 46.2 Å². The molecule has 2 aromatic carbocycles. The lowest BCUT2D eigenvalue weighted by atomic mass is 10.1. The number of carbonyl (C=O) groups is 1. The number of carbonyl (C=O) groups excluding carboxylic acids is 1. The number of hydrogen-bond acceptors (Lipinski definition) is 1. The summed E-state index contributed by atoms with van der Waals surface area (Å²) in [7, 11) is 0. The van der Waals surface area contributed by atoms with Crippen LogP contribution < -0.4 is 0 Å². The predicted octanol–water partition coefficient (Wildman–Crippen LogP) is 4.07. The second-order valence-corrected chi connectivity index (χ2v) is 5.98. The molecule has 2 amide bonds. The minimum Gasteiger partial charge on any atom is -0.316 e. The van der Waals surface area contributed by atoms with Gasteiger partial charge in [0, 0.05) is 19.1 Å². The quantitative estimate of drug-likeness (QED) is 0.833. The topological polar surface area (TPSA) is 23.6 Å². The van der Waals surface area contributed by atoms with Gasteiger partial charge in [-0.05, 0) is 25.0 Å². The maximum absolute atomic E-state index is 12.8. The average Bonchev–Trinajstić information content (AvgIpc) is 2.84. The summed E-state index contributed by atoms with van der Waals surface area (Å²) in [6, 6.07) is 20.9. The van der Waals surface area contributed by atoms with E-state index in [2.05, 4.69) is 38.1 Å². The summed E-state index contributed by atoms with van der Waals surface area (Å²) in [4.78, 5) is 16.7. The fraction of sp³-hybridized carbons (Fsp3) is 0.316. The van der Waals surface area contributed by atoms with Gasteiger partial charge in [-0.25, -0.2) is 4.79 Å². The zero-order valence-corrected chi connectivity index (χ0v) is 13.1. The first-order valence-corrected chi connectivity index (χ1v) is 7.83. The summed E-state index contributed by atoms with van der Waals surface area (Å²) >= 11 is 0. The molecule has 1 aliphatic rings. The minimum absolute atomic E-state index is 0.108. The maximum Gasteiger partial charge on any atom is 0.321 e. The number of hydrogen-bond donors (Lipinski definition) is 0. The first kappa shape index (κ1) is 14.6. The van der Waals surface area contributed by atoms with Crippen molar-refractivity contribution in [3.63, 3.8) is 0 Å². The van der Waals surface area contributed by atoms with E-state index in [1.165, 1.54) is 11.1 Å². The lowest BCUT2D eigenvalue weighted by Crippen LogP contribution is -2.34. The molecule has 0 N–H and O–H groups in total. The SMILES string of the molecule is C[C@H]1CN([C@@H](C)c2ccccc2)C(=O)N1Cc1ccccc1. The molecule has 114 valence electrons.